The Bertz CT molecular complexity index is 132. The first-order valence-electron chi connectivity index (χ1n) is 4.66. The Hall–Kier alpha value is -0.120. The van der Waals surface area contributed by atoms with Crippen LogP contribution < -0.4 is 5.73 Å². The van der Waals surface area contributed by atoms with E-state index in [0.29, 0.717) is 6.61 Å². The van der Waals surface area contributed by atoms with E-state index in [4.69, 9.17) is 10.5 Å². The molecule has 1 aliphatic carbocycles. The van der Waals surface area contributed by atoms with Gasteiger partial charge in [-0.1, -0.05) is 19.3 Å². The predicted molar refractivity (Wildman–Crippen MR) is 47.9 cm³/mol. The Morgan fingerprint density at radius 1 is 1.42 bits per heavy atom. The van der Waals surface area contributed by atoms with Crippen molar-refractivity contribution < 1.29 is 9.84 Å². The van der Waals surface area contributed by atoms with E-state index in [1.54, 1.807) is 7.11 Å². The number of nitrogens with two attached hydrogens (primary N) is 1. The van der Waals surface area contributed by atoms with Crippen molar-refractivity contribution in [2.75, 3.05) is 13.7 Å². The lowest BCUT2D eigenvalue weighted by atomic mass is 9.80. The molecule has 0 bridgehead atoms. The van der Waals surface area contributed by atoms with Gasteiger partial charge in [-0.05, 0) is 12.8 Å². The van der Waals surface area contributed by atoms with Gasteiger partial charge in [0, 0.05) is 7.11 Å². The summed E-state index contributed by atoms with van der Waals surface area (Å²) in [5, 5.41) is 10.1. The third-order valence-electron chi connectivity index (χ3n) is 2.76. The third kappa shape index (κ3) is 2.19. The monoisotopic (exact) mass is 173 g/mol. The Morgan fingerprint density at radius 2 is 2.00 bits per heavy atom. The number of rotatable bonds is 3. The molecule has 1 saturated carbocycles. The average molecular weight is 173 g/mol. The highest BCUT2D eigenvalue weighted by atomic mass is 16.5. The summed E-state index contributed by atoms with van der Waals surface area (Å²) in [6, 6.07) is -0.220. The van der Waals surface area contributed by atoms with Crippen molar-refractivity contribution >= 4 is 0 Å². The number of hydrogen-bond acceptors (Lipinski definition) is 3. The SMILES string of the molecule is COCC(N)C1(O)CCCCC1. The summed E-state index contributed by atoms with van der Waals surface area (Å²) < 4.78 is 4.94. The van der Waals surface area contributed by atoms with Gasteiger partial charge in [0.1, 0.15) is 0 Å². The molecule has 0 radical (unpaired) electrons. The Morgan fingerprint density at radius 3 is 2.50 bits per heavy atom. The molecule has 3 N–H and O–H groups in total. The third-order valence-corrected chi connectivity index (χ3v) is 2.76. The van der Waals surface area contributed by atoms with Crippen molar-refractivity contribution in [1.82, 2.24) is 0 Å². The zero-order valence-corrected chi connectivity index (χ0v) is 7.75. The van der Waals surface area contributed by atoms with Crippen LogP contribution in [0.2, 0.25) is 0 Å². The number of aliphatic hydroxyl groups is 1. The smallest absolute Gasteiger partial charge is 0.0820 e. The highest BCUT2D eigenvalue weighted by Gasteiger charge is 2.35. The molecule has 72 valence electrons. The van der Waals surface area contributed by atoms with Crippen LogP contribution in [0.25, 0.3) is 0 Å². The molecule has 0 aromatic heterocycles. The summed E-state index contributed by atoms with van der Waals surface area (Å²) in [7, 11) is 1.62. The highest BCUT2D eigenvalue weighted by Crippen LogP contribution is 2.30. The summed E-state index contributed by atoms with van der Waals surface area (Å²) in [4.78, 5) is 0. The summed E-state index contributed by atoms with van der Waals surface area (Å²) in [5.41, 5.74) is 5.16. The van der Waals surface area contributed by atoms with E-state index < -0.39 is 5.60 Å². The van der Waals surface area contributed by atoms with E-state index in [1.807, 2.05) is 0 Å². The average Bonchev–Trinajstić information content (AvgIpc) is 2.06. The fourth-order valence-electron chi connectivity index (χ4n) is 1.87. The van der Waals surface area contributed by atoms with Gasteiger partial charge in [-0.25, -0.2) is 0 Å². The Labute approximate surface area is 73.9 Å². The maximum absolute atomic E-state index is 10.1. The molecule has 1 rings (SSSR count). The second-order valence-corrected chi connectivity index (χ2v) is 3.73. The largest absolute Gasteiger partial charge is 0.388 e. The molecule has 0 amide bonds. The molecule has 0 heterocycles. The van der Waals surface area contributed by atoms with Crippen molar-refractivity contribution in [2.24, 2.45) is 5.73 Å². The molecule has 1 aliphatic rings. The summed E-state index contributed by atoms with van der Waals surface area (Å²) in [6.07, 6.45) is 5.07. The van der Waals surface area contributed by atoms with Crippen LogP contribution in [-0.4, -0.2) is 30.5 Å². The van der Waals surface area contributed by atoms with Crippen LogP contribution in [-0.2, 0) is 4.74 Å². The van der Waals surface area contributed by atoms with E-state index in [2.05, 4.69) is 0 Å². The van der Waals surface area contributed by atoms with E-state index in [-0.39, 0.29) is 6.04 Å². The standard InChI is InChI=1S/C9H19NO2/c1-12-7-8(10)9(11)5-3-2-4-6-9/h8,11H,2-7,10H2,1H3. The van der Waals surface area contributed by atoms with E-state index >= 15 is 0 Å². The normalized spacial score (nSPS) is 25.2. The maximum atomic E-state index is 10.1. The van der Waals surface area contributed by atoms with Crippen LogP contribution in [0, 0.1) is 0 Å². The molecule has 1 atom stereocenters. The van der Waals surface area contributed by atoms with Gasteiger partial charge in [0.15, 0.2) is 0 Å². The van der Waals surface area contributed by atoms with Crippen LogP contribution in [0.5, 0.6) is 0 Å². The molecular weight excluding hydrogens is 154 g/mol. The maximum Gasteiger partial charge on any atom is 0.0820 e. The van der Waals surface area contributed by atoms with Crippen LogP contribution >= 0.6 is 0 Å². The lowest BCUT2D eigenvalue weighted by Gasteiger charge is -2.36. The summed E-state index contributed by atoms with van der Waals surface area (Å²) in [6.45, 7) is 0.455. The number of ether oxygens (including phenoxy) is 1. The van der Waals surface area contributed by atoms with Gasteiger partial charge in [-0.15, -0.1) is 0 Å². The lowest BCUT2D eigenvalue weighted by Crippen LogP contribution is -2.51. The van der Waals surface area contributed by atoms with Crippen LogP contribution in [0.1, 0.15) is 32.1 Å². The molecule has 1 fully saturated rings. The van der Waals surface area contributed by atoms with Gasteiger partial charge in [-0.2, -0.15) is 0 Å². The van der Waals surface area contributed by atoms with E-state index in [1.165, 1.54) is 6.42 Å². The van der Waals surface area contributed by atoms with Crippen molar-refractivity contribution in [3.63, 3.8) is 0 Å². The van der Waals surface area contributed by atoms with Crippen LogP contribution in [0.15, 0.2) is 0 Å². The zero-order valence-electron chi connectivity index (χ0n) is 7.75. The number of hydrogen-bond donors (Lipinski definition) is 2. The quantitative estimate of drug-likeness (QED) is 0.659. The molecule has 3 heteroatoms. The first kappa shape index (κ1) is 9.96. The Kier molecular flexibility index (Phi) is 3.50. The molecule has 0 saturated heterocycles. The zero-order chi connectivity index (χ0) is 9.03. The van der Waals surface area contributed by atoms with Crippen molar-refractivity contribution in [2.45, 2.75) is 43.7 Å². The topological polar surface area (TPSA) is 55.5 Å². The van der Waals surface area contributed by atoms with Crippen molar-refractivity contribution in [3.8, 4) is 0 Å². The first-order valence-corrected chi connectivity index (χ1v) is 4.66. The fourth-order valence-corrected chi connectivity index (χ4v) is 1.87. The number of methoxy groups -OCH3 is 1. The molecular formula is C9H19NO2. The van der Waals surface area contributed by atoms with E-state index in [0.717, 1.165) is 25.7 Å². The van der Waals surface area contributed by atoms with Gasteiger partial charge < -0.3 is 15.6 Å². The minimum Gasteiger partial charge on any atom is -0.388 e. The molecule has 0 aromatic rings. The van der Waals surface area contributed by atoms with Crippen molar-refractivity contribution in [1.29, 1.82) is 0 Å². The first-order chi connectivity index (χ1) is 5.69. The summed E-state index contributed by atoms with van der Waals surface area (Å²) >= 11 is 0. The predicted octanol–water partition coefficient (Wildman–Crippen LogP) is 0.655. The molecule has 0 aromatic carbocycles. The molecule has 0 spiro atoms. The van der Waals surface area contributed by atoms with Crippen molar-refractivity contribution in [3.05, 3.63) is 0 Å². The second-order valence-electron chi connectivity index (χ2n) is 3.73. The highest BCUT2D eigenvalue weighted by molar-refractivity contribution is 4.91. The molecule has 12 heavy (non-hydrogen) atoms. The van der Waals surface area contributed by atoms with Gasteiger partial charge >= 0.3 is 0 Å². The Balaban J connectivity index is 2.44. The van der Waals surface area contributed by atoms with Gasteiger partial charge in [-0.3, -0.25) is 0 Å². The van der Waals surface area contributed by atoms with E-state index in [9.17, 15) is 5.11 Å². The fraction of sp³-hybridized carbons (Fsp3) is 1.00. The minimum absolute atomic E-state index is 0.220. The minimum atomic E-state index is -0.658. The molecule has 0 aliphatic heterocycles. The van der Waals surface area contributed by atoms with Gasteiger partial charge in [0.05, 0.1) is 18.2 Å². The molecule has 1 unspecified atom stereocenters. The summed E-state index contributed by atoms with van der Waals surface area (Å²) in [5.74, 6) is 0. The van der Waals surface area contributed by atoms with Crippen LogP contribution in [0.3, 0.4) is 0 Å². The van der Waals surface area contributed by atoms with Gasteiger partial charge in [0.25, 0.3) is 0 Å². The molecule has 3 nitrogen and oxygen atoms in total. The van der Waals surface area contributed by atoms with Gasteiger partial charge in [0.2, 0.25) is 0 Å². The van der Waals surface area contributed by atoms with Crippen LogP contribution in [0.4, 0.5) is 0 Å². The lowest BCUT2D eigenvalue weighted by molar-refractivity contribution is -0.0389. The second kappa shape index (κ2) is 4.21.